The molecule has 100 valence electrons. The van der Waals surface area contributed by atoms with Gasteiger partial charge in [0.2, 0.25) is 0 Å². The van der Waals surface area contributed by atoms with E-state index < -0.39 is 10.0 Å². The van der Waals surface area contributed by atoms with Crippen molar-refractivity contribution in [2.75, 3.05) is 11.2 Å². The number of aromatic hydroxyl groups is 1. The molecule has 0 fully saturated rings. The molecule has 7 heteroatoms. The zero-order chi connectivity index (χ0) is 13.9. The molecule has 0 saturated carbocycles. The molecule has 0 unspecified atom stereocenters. The fraction of sp³-hybridized carbons (Fsp3) is 0. The summed E-state index contributed by atoms with van der Waals surface area (Å²) in [7, 11) is -3.69. The Labute approximate surface area is 110 Å². The minimum absolute atomic E-state index is 0.0386. The summed E-state index contributed by atoms with van der Waals surface area (Å²) in [5, 5.41) is 9.26. The van der Waals surface area contributed by atoms with Crippen LogP contribution in [0.1, 0.15) is 0 Å². The van der Waals surface area contributed by atoms with Crippen LogP contribution < -0.4 is 16.0 Å². The summed E-state index contributed by atoms with van der Waals surface area (Å²) in [5.74, 6) is 0.0386. The Morgan fingerprint density at radius 1 is 1.05 bits per heavy atom. The van der Waals surface area contributed by atoms with Gasteiger partial charge >= 0.3 is 0 Å². The van der Waals surface area contributed by atoms with Crippen molar-refractivity contribution in [3.05, 3.63) is 48.5 Å². The highest BCUT2D eigenvalue weighted by Crippen LogP contribution is 2.16. The maximum absolute atomic E-state index is 11.9. The van der Waals surface area contributed by atoms with Crippen molar-refractivity contribution in [2.24, 2.45) is 0 Å². The van der Waals surface area contributed by atoms with Crippen LogP contribution in [-0.4, -0.2) is 13.5 Å². The van der Waals surface area contributed by atoms with Gasteiger partial charge in [-0.2, -0.15) is 0 Å². The second-order valence-electron chi connectivity index (χ2n) is 3.85. The Kier molecular flexibility index (Phi) is 3.59. The number of rotatable bonds is 4. The average Bonchev–Trinajstić information content (AvgIpc) is 2.37. The van der Waals surface area contributed by atoms with Crippen LogP contribution in [0.5, 0.6) is 5.75 Å². The number of anilines is 2. The maximum Gasteiger partial charge on any atom is 0.257 e. The first-order valence-corrected chi connectivity index (χ1v) is 6.88. The number of phenols is 1. The molecule has 6 nitrogen and oxygen atoms in total. The number of sulfonamides is 1. The van der Waals surface area contributed by atoms with Gasteiger partial charge in [-0.1, -0.05) is 6.07 Å². The molecular formula is C12H13N3O3S. The van der Waals surface area contributed by atoms with Gasteiger partial charge in [0.1, 0.15) is 5.75 Å². The van der Waals surface area contributed by atoms with Gasteiger partial charge in [-0.25, -0.2) is 8.42 Å². The van der Waals surface area contributed by atoms with Crippen molar-refractivity contribution in [1.29, 1.82) is 0 Å². The topological polar surface area (TPSA) is 104 Å². The molecule has 0 aliphatic heterocycles. The van der Waals surface area contributed by atoms with Crippen LogP contribution in [0.25, 0.3) is 0 Å². The lowest BCUT2D eigenvalue weighted by molar-refractivity contribution is 0.475. The van der Waals surface area contributed by atoms with E-state index in [9.17, 15) is 13.5 Å². The Hall–Kier alpha value is -2.25. The highest BCUT2D eigenvalue weighted by Gasteiger charge is 2.12. The van der Waals surface area contributed by atoms with Crippen molar-refractivity contribution >= 4 is 21.4 Å². The molecule has 0 radical (unpaired) electrons. The van der Waals surface area contributed by atoms with Gasteiger partial charge in [0.15, 0.2) is 0 Å². The summed E-state index contributed by atoms with van der Waals surface area (Å²) in [6, 6.07) is 11.9. The third kappa shape index (κ3) is 3.36. The molecule has 0 bridgehead atoms. The molecule has 0 spiro atoms. The van der Waals surface area contributed by atoms with E-state index in [-0.39, 0.29) is 10.6 Å². The molecule has 0 saturated heterocycles. The molecule has 0 amide bonds. The molecule has 0 heterocycles. The zero-order valence-electron chi connectivity index (χ0n) is 9.87. The molecule has 2 aromatic rings. The monoisotopic (exact) mass is 279 g/mol. The lowest BCUT2D eigenvalue weighted by Crippen LogP contribution is -2.29. The first-order valence-electron chi connectivity index (χ1n) is 5.40. The van der Waals surface area contributed by atoms with E-state index >= 15 is 0 Å². The number of nitrogens with two attached hydrogens (primary N) is 1. The van der Waals surface area contributed by atoms with Crippen molar-refractivity contribution in [3.8, 4) is 5.75 Å². The van der Waals surface area contributed by atoms with Crippen molar-refractivity contribution < 1.29 is 13.5 Å². The van der Waals surface area contributed by atoms with Crippen LogP contribution in [-0.2, 0) is 10.0 Å². The van der Waals surface area contributed by atoms with E-state index in [0.29, 0.717) is 11.4 Å². The third-order valence-electron chi connectivity index (χ3n) is 2.37. The number of benzene rings is 2. The van der Waals surface area contributed by atoms with Crippen molar-refractivity contribution in [3.63, 3.8) is 0 Å². The summed E-state index contributed by atoms with van der Waals surface area (Å²) in [6.07, 6.45) is 0. The van der Waals surface area contributed by atoms with Gasteiger partial charge in [0, 0.05) is 11.8 Å². The summed E-state index contributed by atoms with van der Waals surface area (Å²) < 4.78 is 23.8. The number of hydrogen-bond acceptors (Lipinski definition) is 5. The molecule has 2 rings (SSSR count). The largest absolute Gasteiger partial charge is 0.508 e. The van der Waals surface area contributed by atoms with Gasteiger partial charge in [0.05, 0.1) is 10.6 Å². The second kappa shape index (κ2) is 5.17. The fourth-order valence-electron chi connectivity index (χ4n) is 1.42. The predicted octanol–water partition coefficient (Wildman–Crippen LogP) is 1.28. The number of hydrazine groups is 1. The van der Waals surface area contributed by atoms with Crippen LogP contribution in [0.15, 0.2) is 53.4 Å². The van der Waals surface area contributed by atoms with Gasteiger partial charge < -0.3 is 16.3 Å². The molecule has 2 aromatic carbocycles. The molecule has 0 aliphatic rings. The zero-order valence-corrected chi connectivity index (χ0v) is 10.7. The SMILES string of the molecule is Nc1ccc(S(=O)(=O)NNc2cccc(O)c2)cc1. The normalized spacial score (nSPS) is 11.2. The average molecular weight is 279 g/mol. The quantitative estimate of drug-likeness (QED) is 0.498. The smallest absolute Gasteiger partial charge is 0.257 e. The van der Waals surface area contributed by atoms with Crippen molar-refractivity contribution in [2.45, 2.75) is 4.90 Å². The Balaban J connectivity index is 2.12. The van der Waals surface area contributed by atoms with Crippen LogP contribution >= 0.6 is 0 Å². The minimum Gasteiger partial charge on any atom is -0.508 e. The summed E-state index contributed by atoms with van der Waals surface area (Å²) in [4.78, 5) is 2.30. The number of phenolic OH excluding ortho intramolecular Hbond substituents is 1. The van der Waals surface area contributed by atoms with Crippen LogP contribution in [0.3, 0.4) is 0 Å². The first kappa shape index (κ1) is 13.2. The van der Waals surface area contributed by atoms with Crippen LogP contribution in [0.2, 0.25) is 0 Å². The molecule has 19 heavy (non-hydrogen) atoms. The van der Waals surface area contributed by atoms with E-state index in [1.807, 2.05) is 0 Å². The van der Waals surface area contributed by atoms with Gasteiger partial charge in [0.25, 0.3) is 10.0 Å². The Morgan fingerprint density at radius 2 is 1.74 bits per heavy atom. The standard InChI is InChI=1S/C12H13N3O3S/c13-9-4-6-12(7-5-9)19(17,18)15-14-10-2-1-3-11(16)8-10/h1-8,14-16H,13H2. The maximum atomic E-state index is 11.9. The first-order chi connectivity index (χ1) is 8.97. The number of nitrogens with one attached hydrogen (secondary N) is 2. The Morgan fingerprint density at radius 3 is 2.37 bits per heavy atom. The number of nitrogen functional groups attached to an aromatic ring is 1. The van der Waals surface area contributed by atoms with E-state index in [4.69, 9.17) is 5.73 Å². The van der Waals surface area contributed by atoms with Crippen molar-refractivity contribution in [1.82, 2.24) is 4.83 Å². The highest BCUT2D eigenvalue weighted by molar-refractivity contribution is 7.89. The summed E-state index contributed by atoms with van der Waals surface area (Å²) >= 11 is 0. The molecule has 0 atom stereocenters. The lowest BCUT2D eigenvalue weighted by atomic mass is 10.3. The van der Waals surface area contributed by atoms with E-state index in [1.54, 1.807) is 12.1 Å². The molecule has 0 aromatic heterocycles. The molecule has 0 aliphatic carbocycles. The summed E-state index contributed by atoms with van der Waals surface area (Å²) in [5.41, 5.74) is 8.92. The van der Waals surface area contributed by atoms with E-state index in [1.165, 1.54) is 36.4 Å². The van der Waals surface area contributed by atoms with E-state index in [0.717, 1.165) is 0 Å². The molecule has 5 N–H and O–H groups in total. The minimum atomic E-state index is -3.69. The predicted molar refractivity (Wildman–Crippen MR) is 72.9 cm³/mol. The van der Waals surface area contributed by atoms with Gasteiger partial charge in [-0.05, 0) is 36.4 Å². The van der Waals surface area contributed by atoms with Crippen LogP contribution in [0.4, 0.5) is 11.4 Å². The molecular weight excluding hydrogens is 266 g/mol. The number of hydrogen-bond donors (Lipinski definition) is 4. The fourth-order valence-corrected chi connectivity index (χ4v) is 2.28. The second-order valence-corrected chi connectivity index (χ2v) is 5.53. The third-order valence-corrected chi connectivity index (χ3v) is 3.63. The highest BCUT2D eigenvalue weighted by atomic mass is 32.2. The Bertz CT molecular complexity index is 669. The lowest BCUT2D eigenvalue weighted by Gasteiger charge is -2.09. The van der Waals surface area contributed by atoms with E-state index in [2.05, 4.69) is 10.3 Å². The van der Waals surface area contributed by atoms with Gasteiger partial charge in [-0.15, -0.1) is 4.83 Å². The summed E-state index contributed by atoms with van der Waals surface area (Å²) in [6.45, 7) is 0. The van der Waals surface area contributed by atoms with Crippen LogP contribution in [0, 0.1) is 0 Å². The van der Waals surface area contributed by atoms with Gasteiger partial charge in [-0.3, -0.25) is 0 Å².